The number of alkyl halides is 3. The second kappa shape index (κ2) is 4.05. The van der Waals surface area contributed by atoms with E-state index in [9.17, 15) is 13.2 Å². The number of para-hydroxylation sites is 1. The van der Waals surface area contributed by atoms with Gasteiger partial charge in [0, 0.05) is 17.6 Å². The maximum Gasteiger partial charge on any atom is 0.418 e. The first-order chi connectivity index (χ1) is 7.93. The predicted molar refractivity (Wildman–Crippen MR) is 59.3 cm³/mol. The van der Waals surface area contributed by atoms with Gasteiger partial charge in [-0.25, -0.2) is 0 Å². The van der Waals surface area contributed by atoms with Crippen molar-refractivity contribution in [2.24, 2.45) is 11.5 Å². The van der Waals surface area contributed by atoms with Gasteiger partial charge in [-0.1, -0.05) is 12.1 Å². The van der Waals surface area contributed by atoms with Crippen LogP contribution in [0.4, 0.5) is 13.2 Å². The normalized spacial score (nSPS) is 14.2. The molecule has 17 heavy (non-hydrogen) atoms. The van der Waals surface area contributed by atoms with Crippen molar-refractivity contribution in [1.82, 2.24) is 4.98 Å². The molecule has 0 bridgehead atoms. The van der Waals surface area contributed by atoms with E-state index in [2.05, 4.69) is 4.98 Å². The maximum absolute atomic E-state index is 12.7. The molecule has 0 amide bonds. The van der Waals surface area contributed by atoms with Crippen LogP contribution in [-0.2, 0) is 6.18 Å². The van der Waals surface area contributed by atoms with Crippen molar-refractivity contribution in [2.45, 2.75) is 12.2 Å². The fourth-order valence-corrected chi connectivity index (χ4v) is 1.74. The highest BCUT2D eigenvalue weighted by Crippen LogP contribution is 2.34. The third-order valence-corrected chi connectivity index (χ3v) is 2.64. The van der Waals surface area contributed by atoms with Crippen LogP contribution in [0.3, 0.4) is 0 Å². The summed E-state index contributed by atoms with van der Waals surface area (Å²) in [7, 11) is 0. The molecule has 0 aliphatic rings. The standard InChI is InChI=1S/C11H12F3N3/c12-11(13,14)7-3-1-2-6-4-9(8(16)5-15)17-10(6)7/h1-4,8,17H,5,15-16H2. The first-order valence-electron chi connectivity index (χ1n) is 5.08. The molecule has 1 atom stereocenters. The second-order valence-electron chi connectivity index (χ2n) is 3.83. The molecule has 1 unspecified atom stereocenters. The van der Waals surface area contributed by atoms with Crippen LogP contribution in [0.2, 0.25) is 0 Å². The van der Waals surface area contributed by atoms with Crippen molar-refractivity contribution in [1.29, 1.82) is 0 Å². The molecule has 0 radical (unpaired) electrons. The van der Waals surface area contributed by atoms with Gasteiger partial charge in [-0.05, 0) is 12.1 Å². The number of halogens is 3. The van der Waals surface area contributed by atoms with E-state index in [1.54, 1.807) is 12.1 Å². The van der Waals surface area contributed by atoms with Crippen LogP contribution in [0.5, 0.6) is 0 Å². The summed E-state index contributed by atoms with van der Waals surface area (Å²) in [6.45, 7) is 0.175. The van der Waals surface area contributed by atoms with Gasteiger partial charge >= 0.3 is 6.18 Å². The number of nitrogens with one attached hydrogen (secondary N) is 1. The Hall–Kier alpha value is -1.53. The van der Waals surface area contributed by atoms with Crippen molar-refractivity contribution in [3.63, 3.8) is 0 Å². The monoisotopic (exact) mass is 243 g/mol. The molecule has 0 saturated carbocycles. The van der Waals surface area contributed by atoms with E-state index in [0.717, 1.165) is 6.07 Å². The topological polar surface area (TPSA) is 67.8 Å². The molecule has 2 rings (SSSR count). The largest absolute Gasteiger partial charge is 0.418 e. The van der Waals surface area contributed by atoms with Crippen LogP contribution < -0.4 is 11.5 Å². The Bertz CT molecular complexity index is 530. The number of benzene rings is 1. The van der Waals surface area contributed by atoms with Crippen molar-refractivity contribution >= 4 is 10.9 Å². The molecule has 5 N–H and O–H groups in total. The highest BCUT2D eigenvalue weighted by atomic mass is 19.4. The Morgan fingerprint density at radius 1 is 1.29 bits per heavy atom. The van der Waals surface area contributed by atoms with E-state index in [-0.39, 0.29) is 12.1 Å². The highest BCUT2D eigenvalue weighted by molar-refractivity contribution is 5.84. The summed E-state index contributed by atoms with van der Waals surface area (Å²) in [5.74, 6) is 0. The molecule has 6 heteroatoms. The highest BCUT2D eigenvalue weighted by Gasteiger charge is 2.33. The summed E-state index contributed by atoms with van der Waals surface area (Å²) >= 11 is 0. The minimum atomic E-state index is -4.38. The van der Waals surface area contributed by atoms with Gasteiger partial charge in [0.25, 0.3) is 0 Å². The van der Waals surface area contributed by atoms with E-state index in [0.29, 0.717) is 11.1 Å². The molecule has 92 valence electrons. The first kappa shape index (κ1) is 11.9. The molecule has 0 spiro atoms. The van der Waals surface area contributed by atoms with Crippen LogP contribution >= 0.6 is 0 Å². The Labute approximate surface area is 95.6 Å². The average Bonchev–Trinajstić information content (AvgIpc) is 2.69. The molecule has 2 aromatic rings. The molecular weight excluding hydrogens is 231 g/mol. The Kier molecular flexibility index (Phi) is 2.84. The molecule has 0 aliphatic heterocycles. The first-order valence-corrected chi connectivity index (χ1v) is 5.08. The lowest BCUT2D eigenvalue weighted by Crippen LogP contribution is -2.20. The van der Waals surface area contributed by atoms with Crippen LogP contribution in [0, 0.1) is 0 Å². The van der Waals surface area contributed by atoms with E-state index in [1.165, 1.54) is 6.07 Å². The Morgan fingerprint density at radius 3 is 2.59 bits per heavy atom. The number of hydrogen-bond donors (Lipinski definition) is 3. The summed E-state index contributed by atoms with van der Waals surface area (Å²) in [5.41, 5.74) is 10.9. The lowest BCUT2D eigenvalue weighted by Gasteiger charge is -2.08. The molecule has 0 aliphatic carbocycles. The lowest BCUT2D eigenvalue weighted by atomic mass is 10.1. The van der Waals surface area contributed by atoms with Gasteiger partial charge < -0.3 is 16.5 Å². The van der Waals surface area contributed by atoms with Crippen LogP contribution in [0.1, 0.15) is 17.3 Å². The van der Waals surface area contributed by atoms with Crippen LogP contribution in [0.15, 0.2) is 24.3 Å². The SMILES string of the molecule is NCC(N)c1cc2cccc(C(F)(F)F)c2[nH]1. The predicted octanol–water partition coefficient (Wildman–Crippen LogP) is 2.15. The van der Waals surface area contributed by atoms with E-state index in [4.69, 9.17) is 11.5 Å². The minimum Gasteiger partial charge on any atom is -0.357 e. The van der Waals surface area contributed by atoms with Gasteiger partial charge in [-0.2, -0.15) is 13.2 Å². The number of hydrogen-bond acceptors (Lipinski definition) is 2. The number of H-pyrrole nitrogens is 1. The summed E-state index contributed by atoms with van der Waals surface area (Å²) in [5, 5.41) is 0.485. The van der Waals surface area contributed by atoms with Crippen molar-refractivity contribution in [3.8, 4) is 0 Å². The zero-order valence-corrected chi connectivity index (χ0v) is 8.88. The van der Waals surface area contributed by atoms with Gasteiger partial charge in [0.05, 0.1) is 17.1 Å². The minimum absolute atomic E-state index is 0.0545. The van der Waals surface area contributed by atoms with Crippen LogP contribution in [-0.4, -0.2) is 11.5 Å². The van der Waals surface area contributed by atoms with Gasteiger partial charge in [0.2, 0.25) is 0 Å². The molecule has 0 fully saturated rings. The Balaban J connectivity index is 2.61. The molecular formula is C11H12F3N3. The number of rotatable bonds is 2. The third-order valence-electron chi connectivity index (χ3n) is 2.64. The van der Waals surface area contributed by atoms with Gasteiger partial charge in [0.15, 0.2) is 0 Å². The smallest absolute Gasteiger partial charge is 0.357 e. The molecule has 1 aromatic heterocycles. The van der Waals surface area contributed by atoms with Gasteiger partial charge in [0.1, 0.15) is 0 Å². The second-order valence-corrected chi connectivity index (χ2v) is 3.83. The van der Waals surface area contributed by atoms with Crippen LogP contribution in [0.25, 0.3) is 10.9 Å². The number of fused-ring (bicyclic) bond motifs is 1. The zero-order valence-electron chi connectivity index (χ0n) is 8.88. The number of aromatic amines is 1. The number of nitrogens with two attached hydrogens (primary N) is 2. The van der Waals surface area contributed by atoms with Crippen molar-refractivity contribution in [2.75, 3.05) is 6.54 Å². The van der Waals surface area contributed by atoms with Crippen molar-refractivity contribution < 1.29 is 13.2 Å². The fourth-order valence-electron chi connectivity index (χ4n) is 1.74. The summed E-state index contributed by atoms with van der Waals surface area (Å²) in [6, 6.07) is 5.13. The van der Waals surface area contributed by atoms with Gasteiger partial charge in [-0.3, -0.25) is 0 Å². The third kappa shape index (κ3) is 2.13. The maximum atomic E-state index is 12.7. The number of aromatic nitrogens is 1. The summed E-state index contributed by atoms with van der Waals surface area (Å²) in [6.07, 6.45) is -4.38. The van der Waals surface area contributed by atoms with E-state index in [1.807, 2.05) is 0 Å². The van der Waals surface area contributed by atoms with E-state index < -0.39 is 17.8 Å². The Morgan fingerprint density at radius 2 is 2.00 bits per heavy atom. The fraction of sp³-hybridized carbons (Fsp3) is 0.273. The zero-order chi connectivity index (χ0) is 12.6. The summed E-state index contributed by atoms with van der Waals surface area (Å²) in [4.78, 5) is 2.70. The molecule has 1 heterocycles. The molecule has 1 aromatic carbocycles. The van der Waals surface area contributed by atoms with Crippen molar-refractivity contribution in [3.05, 3.63) is 35.5 Å². The molecule has 0 saturated heterocycles. The quantitative estimate of drug-likeness (QED) is 0.756. The molecule has 3 nitrogen and oxygen atoms in total. The summed E-state index contributed by atoms with van der Waals surface area (Å²) < 4.78 is 38.2. The average molecular weight is 243 g/mol. The lowest BCUT2D eigenvalue weighted by molar-refractivity contribution is -0.136. The van der Waals surface area contributed by atoms with Gasteiger partial charge in [-0.15, -0.1) is 0 Å². The van der Waals surface area contributed by atoms with E-state index >= 15 is 0 Å².